The van der Waals surface area contributed by atoms with Gasteiger partial charge in [-0.05, 0) is 37.0 Å². The molecule has 1 N–H and O–H groups in total. The van der Waals surface area contributed by atoms with E-state index < -0.39 is 5.97 Å². The number of benzene rings is 3. The monoisotopic (exact) mass is 414 g/mol. The van der Waals surface area contributed by atoms with Gasteiger partial charge >= 0.3 is 5.97 Å². The van der Waals surface area contributed by atoms with E-state index in [4.69, 9.17) is 14.8 Å². The standard InChI is InChI=1S/C26H26N2O3/c29-25(30)14-8-3-9-17-31-22-15-16-23-24(18-22)28(19-20-10-4-1-5-11-20)26(27-23)21-12-6-2-7-13-21/h1-2,4-7,10-13,15-16,18H,3,8-9,14,17,19H2,(H,29,30). The molecule has 4 rings (SSSR count). The highest BCUT2D eigenvalue weighted by atomic mass is 16.5. The minimum Gasteiger partial charge on any atom is -0.494 e. The van der Waals surface area contributed by atoms with E-state index in [-0.39, 0.29) is 6.42 Å². The Morgan fingerprint density at radius 2 is 1.65 bits per heavy atom. The van der Waals surface area contributed by atoms with Crippen molar-refractivity contribution in [1.29, 1.82) is 0 Å². The second-order valence-electron chi connectivity index (χ2n) is 7.58. The maximum absolute atomic E-state index is 10.6. The lowest BCUT2D eigenvalue weighted by atomic mass is 10.2. The zero-order chi connectivity index (χ0) is 21.5. The van der Waals surface area contributed by atoms with Crippen molar-refractivity contribution < 1.29 is 14.6 Å². The Kier molecular flexibility index (Phi) is 6.62. The number of fused-ring (bicyclic) bond motifs is 1. The van der Waals surface area contributed by atoms with Gasteiger partial charge in [0.1, 0.15) is 11.6 Å². The molecule has 0 radical (unpaired) electrons. The number of aromatic nitrogens is 2. The molecule has 0 saturated carbocycles. The SMILES string of the molecule is O=C(O)CCCCCOc1ccc2nc(-c3ccccc3)n(Cc3ccccc3)c2c1. The Morgan fingerprint density at radius 1 is 0.903 bits per heavy atom. The first-order valence-corrected chi connectivity index (χ1v) is 10.6. The average molecular weight is 415 g/mol. The zero-order valence-electron chi connectivity index (χ0n) is 17.4. The number of nitrogens with zero attached hydrogens (tertiary/aromatic N) is 2. The fraction of sp³-hybridized carbons (Fsp3) is 0.231. The van der Waals surface area contributed by atoms with Crippen molar-refractivity contribution in [2.75, 3.05) is 6.61 Å². The molecule has 0 saturated heterocycles. The topological polar surface area (TPSA) is 64.3 Å². The summed E-state index contributed by atoms with van der Waals surface area (Å²) in [5.74, 6) is 0.997. The van der Waals surface area contributed by atoms with Crippen molar-refractivity contribution in [3.05, 3.63) is 84.4 Å². The van der Waals surface area contributed by atoms with Gasteiger partial charge in [-0.3, -0.25) is 4.79 Å². The molecule has 0 amide bonds. The first-order valence-electron chi connectivity index (χ1n) is 10.6. The van der Waals surface area contributed by atoms with Gasteiger partial charge in [-0.1, -0.05) is 60.7 Å². The van der Waals surface area contributed by atoms with Crippen LogP contribution in [0, 0.1) is 0 Å². The Hall–Kier alpha value is -3.60. The van der Waals surface area contributed by atoms with Crippen LogP contribution in [0.1, 0.15) is 31.2 Å². The molecule has 1 aromatic heterocycles. The minimum absolute atomic E-state index is 0.215. The van der Waals surface area contributed by atoms with Gasteiger partial charge in [-0.2, -0.15) is 0 Å². The zero-order valence-corrected chi connectivity index (χ0v) is 17.4. The molecule has 0 bridgehead atoms. The lowest BCUT2D eigenvalue weighted by Gasteiger charge is -2.11. The lowest BCUT2D eigenvalue weighted by molar-refractivity contribution is -0.137. The number of hydrogen-bond acceptors (Lipinski definition) is 3. The number of hydrogen-bond donors (Lipinski definition) is 1. The molecule has 0 unspecified atom stereocenters. The molecular formula is C26H26N2O3. The largest absolute Gasteiger partial charge is 0.494 e. The van der Waals surface area contributed by atoms with Gasteiger partial charge in [0.25, 0.3) is 0 Å². The van der Waals surface area contributed by atoms with Crippen molar-refractivity contribution in [3.8, 4) is 17.1 Å². The predicted molar refractivity (Wildman–Crippen MR) is 122 cm³/mol. The summed E-state index contributed by atoms with van der Waals surface area (Å²) in [5, 5.41) is 8.73. The number of unbranched alkanes of at least 4 members (excludes halogenated alkanes) is 2. The minimum atomic E-state index is -0.743. The van der Waals surface area contributed by atoms with Gasteiger partial charge in [0.2, 0.25) is 0 Å². The van der Waals surface area contributed by atoms with Gasteiger partial charge in [0, 0.05) is 24.6 Å². The molecule has 1 heterocycles. The van der Waals surface area contributed by atoms with Gasteiger partial charge in [0.15, 0.2) is 0 Å². The smallest absolute Gasteiger partial charge is 0.303 e. The Morgan fingerprint density at radius 3 is 2.39 bits per heavy atom. The summed E-state index contributed by atoms with van der Waals surface area (Å²) < 4.78 is 8.19. The molecule has 0 atom stereocenters. The van der Waals surface area contributed by atoms with Crippen LogP contribution < -0.4 is 4.74 Å². The summed E-state index contributed by atoms with van der Waals surface area (Å²) >= 11 is 0. The second kappa shape index (κ2) is 9.94. The van der Waals surface area contributed by atoms with E-state index in [1.54, 1.807) is 0 Å². The highest BCUT2D eigenvalue weighted by Gasteiger charge is 2.14. The van der Waals surface area contributed by atoms with Crippen molar-refractivity contribution in [1.82, 2.24) is 9.55 Å². The van der Waals surface area contributed by atoms with Crippen LogP contribution in [0.5, 0.6) is 5.75 Å². The summed E-state index contributed by atoms with van der Waals surface area (Å²) in [6.07, 6.45) is 2.58. The van der Waals surface area contributed by atoms with Gasteiger partial charge < -0.3 is 14.4 Å². The molecular weight excluding hydrogens is 388 g/mol. The molecule has 3 aromatic carbocycles. The van der Waals surface area contributed by atoms with Crippen molar-refractivity contribution in [2.24, 2.45) is 0 Å². The Labute approximate surface area is 181 Å². The molecule has 5 nitrogen and oxygen atoms in total. The number of ether oxygens (including phenoxy) is 1. The predicted octanol–water partition coefficient (Wildman–Crippen LogP) is 5.78. The number of carboxylic acid groups (broad SMARTS) is 1. The Bertz CT molecular complexity index is 1140. The van der Waals surface area contributed by atoms with E-state index in [0.717, 1.165) is 47.6 Å². The number of imidazole rings is 1. The van der Waals surface area contributed by atoms with Crippen LogP contribution in [0.2, 0.25) is 0 Å². The van der Waals surface area contributed by atoms with Crippen LogP contribution in [0.15, 0.2) is 78.9 Å². The Balaban J connectivity index is 1.58. The van der Waals surface area contributed by atoms with Crippen LogP contribution in [-0.2, 0) is 11.3 Å². The van der Waals surface area contributed by atoms with Crippen LogP contribution in [-0.4, -0.2) is 27.2 Å². The lowest BCUT2D eigenvalue weighted by Crippen LogP contribution is -2.03. The fourth-order valence-corrected chi connectivity index (χ4v) is 3.67. The maximum atomic E-state index is 10.6. The molecule has 0 aliphatic rings. The van der Waals surface area contributed by atoms with Crippen molar-refractivity contribution >= 4 is 17.0 Å². The molecule has 4 aromatic rings. The van der Waals surface area contributed by atoms with E-state index in [0.29, 0.717) is 13.0 Å². The third-order valence-electron chi connectivity index (χ3n) is 5.24. The molecule has 158 valence electrons. The molecule has 0 aliphatic carbocycles. The number of aliphatic carboxylic acids is 1. The normalized spacial score (nSPS) is 11.0. The van der Waals surface area contributed by atoms with E-state index in [1.807, 2.05) is 36.4 Å². The van der Waals surface area contributed by atoms with E-state index in [1.165, 1.54) is 5.56 Å². The van der Waals surface area contributed by atoms with E-state index >= 15 is 0 Å². The number of rotatable bonds is 10. The van der Waals surface area contributed by atoms with Gasteiger partial charge in [-0.25, -0.2) is 4.98 Å². The molecule has 5 heteroatoms. The van der Waals surface area contributed by atoms with Crippen LogP contribution >= 0.6 is 0 Å². The summed E-state index contributed by atoms with van der Waals surface area (Å²) in [4.78, 5) is 15.5. The molecule has 31 heavy (non-hydrogen) atoms. The second-order valence-corrected chi connectivity index (χ2v) is 7.58. The number of carboxylic acids is 1. The van der Waals surface area contributed by atoms with Crippen molar-refractivity contribution in [2.45, 2.75) is 32.2 Å². The summed E-state index contributed by atoms with van der Waals surface area (Å²) in [5.41, 5.74) is 4.26. The quantitative estimate of drug-likeness (QED) is 0.334. The maximum Gasteiger partial charge on any atom is 0.303 e. The van der Waals surface area contributed by atoms with Crippen LogP contribution in [0.4, 0.5) is 0 Å². The fourth-order valence-electron chi connectivity index (χ4n) is 3.67. The van der Waals surface area contributed by atoms with E-state index in [2.05, 4.69) is 47.0 Å². The average Bonchev–Trinajstić information content (AvgIpc) is 3.15. The van der Waals surface area contributed by atoms with Crippen LogP contribution in [0.25, 0.3) is 22.4 Å². The third kappa shape index (κ3) is 5.31. The van der Waals surface area contributed by atoms with Crippen LogP contribution in [0.3, 0.4) is 0 Å². The molecule has 0 aliphatic heterocycles. The first kappa shape index (κ1) is 20.7. The van der Waals surface area contributed by atoms with Gasteiger partial charge in [-0.15, -0.1) is 0 Å². The molecule has 0 spiro atoms. The highest BCUT2D eigenvalue weighted by Crippen LogP contribution is 2.28. The number of carbonyl (C=O) groups is 1. The summed E-state index contributed by atoms with van der Waals surface area (Å²) in [6.45, 7) is 1.30. The third-order valence-corrected chi connectivity index (χ3v) is 5.24. The van der Waals surface area contributed by atoms with E-state index in [9.17, 15) is 4.79 Å². The summed E-state index contributed by atoms with van der Waals surface area (Å²) in [7, 11) is 0. The highest BCUT2D eigenvalue weighted by molar-refractivity contribution is 5.82. The van der Waals surface area contributed by atoms with Gasteiger partial charge in [0.05, 0.1) is 17.6 Å². The van der Waals surface area contributed by atoms with Crippen molar-refractivity contribution in [3.63, 3.8) is 0 Å². The molecule has 0 fully saturated rings. The first-order chi connectivity index (χ1) is 15.2. The summed E-state index contributed by atoms with van der Waals surface area (Å²) in [6, 6.07) is 26.6.